The number of ether oxygens (including phenoxy) is 1. The van der Waals surface area contributed by atoms with Crippen LogP contribution in [0.15, 0.2) is 0 Å². The summed E-state index contributed by atoms with van der Waals surface area (Å²) in [7, 11) is -1.68. The molecule has 126 valence electrons. The summed E-state index contributed by atoms with van der Waals surface area (Å²) in [4.78, 5) is 11.7. The van der Waals surface area contributed by atoms with Crippen LogP contribution >= 0.6 is 0 Å². The number of hydrogen-bond acceptors (Lipinski definition) is 3. The second kappa shape index (κ2) is 7.77. The average molecular weight is 317 g/mol. The zero-order chi connectivity index (χ0) is 16.9. The molecule has 0 aliphatic heterocycles. The van der Waals surface area contributed by atoms with Crippen molar-refractivity contribution in [1.29, 1.82) is 0 Å². The van der Waals surface area contributed by atoms with E-state index in [0.29, 0.717) is 18.1 Å². The van der Waals surface area contributed by atoms with Crippen molar-refractivity contribution in [3.8, 4) is 0 Å². The van der Waals surface area contributed by atoms with Gasteiger partial charge in [0.2, 0.25) is 0 Å². The van der Waals surface area contributed by atoms with Crippen molar-refractivity contribution in [1.82, 2.24) is 0 Å². The maximum Gasteiger partial charge on any atom is 0.311 e. The van der Waals surface area contributed by atoms with Crippen molar-refractivity contribution in [2.75, 3.05) is 6.61 Å². The zero-order valence-electron chi connectivity index (χ0n) is 15.6. The Morgan fingerprint density at radius 1 is 1.10 bits per heavy atom. The molecule has 21 heavy (non-hydrogen) atoms. The average Bonchev–Trinajstić information content (AvgIpc) is 2.18. The second-order valence-electron chi connectivity index (χ2n) is 8.94. The van der Waals surface area contributed by atoms with E-state index in [0.717, 1.165) is 18.9 Å². The molecule has 0 spiro atoms. The molecule has 1 unspecified atom stereocenters. The quantitative estimate of drug-likeness (QED) is 0.376. The molecule has 0 bridgehead atoms. The van der Waals surface area contributed by atoms with Crippen molar-refractivity contribution in [2.45, 2.75) is 86.5 Å². The fourth-order valence-electron chi connectivity index (χ4n) is 2.39. The molecule has 0 heterocycles. The predicted molar refractivity (Wildman–Crippen MR) is 91.9 cm³/mol. The van der Waals surface area contributed by atoms with Crippen LogP contribution in [0.4, 0.5) is 0 Å². The lowest BCUT2D eigenvalue weighted by Gasteiger charge is -2.31. The summed E-state index contributed by atoms with van der Waals surface area (Å²) in [6, 6.07) is 1.03. The van der Waals surface area contributed by atoms with Crippen molar-refractivity contribution >= 4 is 14.3 Å². The Morgan fingerprint density at radius 2 is 1.62 bits per heavy atom. The minimum Gasteiger partial charge on any atom is -0.465 e. The summed E-state index contributed by atoms with van der Waals surface area (Å²) in [6.07, 6.45) is 2.26. The summed E-state index contributed by atoms with van der Waals surface area (Å²) < 4.78 is 11.6. The molecule has 0 aliphatic carbocycles. The first-order chi connectivity index (χ1) is 9.23. The summed E-state index contributed by atoms with van der Waals surface area (Å²) >= 11 is 0. The highest BCUT2D eigenvalue weighted by Gasteiger charge is 2.27. The van der Waals surface area contributed by atoms with Gasteiger partial charge in [-0.25, -0.2) is 0 Å². The number of carbonyl (C=O) groups is 1. The van der Waals surface area contributed by atoms with Gasteiger partial charge in [0.15, 0.2) is 8.32 Å². The van der Waals surface area contributed by atoms with Crippen LogP contribution in [-0.2, 0) is 14.0 Å². The minimum atomic E-state index is -1.68. The van der Waals surface area contributed by atoms with Gasteiger partial charge >= 0.3 is 5.97 Å². The molecular formula is C17H36O3Si. The monoisotopic (exact) mass is 316 g/mol. The molecule has 0 rings (SSSR count). The van der Waals surface area contributed by atoms with Gasteiger partial charge < -0.3 is 9.16 Å². The Kier molecular flexibility index (Phi) is 7.64. The van der Waals surface area contributed by atoms with E-state index in [2.05, 4.69) is 40.8 Å². The molecule has 0 aromatic heterocycles. The first-order valence-electron chi connectivity index (χ1n) is 8.08. The fraction of sp³-hybridized carbons (Fsp3) is 0.941. The topological polar surface area (TPSA) is 35.5 Å². The van der Waals surface area contributed by atoms with Gasteiger partial charge in [-0.15, -0.1) is 0 Å². The van der Waals surface area contributed by atoms with Crippen molar-refractivity contribution in [3.63, 3.8) is 0 Å². The molecular weight excluding hydrogens is 280 g/mol. The van der Waals surface area contributed by atoms with Crippen LogP contribution in [-0.4, -0.2) is 27.0 Å². The van der Waals surface area contributed by atoms with Gasteiger partial charge in [-0.2, -0.15) is 0 Å². The Bertz CT molecular complexity index is 324. The highest BCUT2D eigenvalue weighted by atomic mass is 28.4. The van der Waals surface area contributed by atoms with E-state index in [4.69, 9.17) is 9.16 Å². The first kappa shape index (κ1) is 20.6. The van der Waals surface area contributed by atoms with Crippen LogP contribution < -0.4 is 0 Å². The van der Waals surface area contributed by atoms with Gasteiger partial charge in [-0.05, 0) is 65.1 Å². The van der Waals surface area contributed by atoms with Crippen molar-refractivity contribution < 1.29 is 14.0 Å². The SMILES string of the molecule is CC(CC(C)(C)C)O[Si](C)(C)CCCOC(=O)C(C)(C)C. The third-order valence-electron chi connectivity index (χ3n) is 3.19. The predicted octanol–water partition coefficient (Wildman–Crippen LogP) is 5.01. The molecule has 4 heteroatoms. The van der Waals surface area contributed by atoms with Crippen LogP contribution in [0.3, 0.4) is 0 Å². The number of esters is 1. The lowest BCUT2D eigenvalue weighted by atomic mass is 9.90. The Morgan fingerprint density at radius 3 is 2.05 bits per heavy atom. The van der Waals surface area contributed by atoms with Gasteiger partial charge in [-0.1, -0.05) is 20.8 Å². The Labute approximate surface area is 132 Å². The van der Waals surface area contributed by atoms with Crippen LogP contribution in [0.2, 0.25) is 19.1 Å². The number of rotatable bonds is 7. The third-order valence-corrected chi connectivity index (χ3v) is 5.79. The zero-order valence-corrected chi connectivity index (χ0v) is 16.6. The van der Waals surface area contributed by atoms with Crippen LogP contribution in [0.1, 0.15) is 61.3 Å². The van der Waals surface area contributed by atoms with E-state index >= 15 is 0 Å². The molecule has 0 fully saturated rings. The van der Waals surface area contributed by atoms with E-state index in [9.17, 15) is 4.79 Å². The Balaban J connectivity index is 4.06. The molecule has 0 radical (unpaired) electrons. The smallest absolute Gasteiger partial charge is 0.311 e. The van der Waals surface area contributed by atoms with E-state index in [1.165, 1.54) is 0 Å². The molecule has 0 aromatic carbocycles. The lowest BCUT2D eigenvalue weighted by Crippen LogP contribution is -2.36. The largest absolute Gasteiger partial charge is 0.465 e. The van der Waals surface area contributed by atoms with E-state index in [1.807, 2.05) is 20.8 Å². The third kappa shape index (κ3) is 10.9. The van der Waals surface area contributed by atoms with Crippen LogP contribution in [0.25, 0.3) is 0 Å². The summed E-state index contributed by atoms with van der Waals surface area (Å²) in [5.74, 6) is -0.121. The highest BCUT2D eigenvalue weighted by Crippen LogP contribution is 2.25. The molecule has 3 nitrogen and oxygen atoms in total. The standard InChI is InChI=1S/C17H36O3Si/c1-14(13-16(2,3)4)20-21(8,9)12-10-11-19-15(18)17(5,6)7/h14H,10-13H2,1-9H3. The normalized spacial score (nSPS) is 14.9. The molecule has 0 amide bonds. The lowest BCUT2D eigenvalue weighted by molar-refractivity contribution is -0.152. The minimum absolute atomic E-state index is 0.121. The number of hydrogen-bond donors (Lipinski definition) is 0. The summed E-state index contributed by atoms with van der Waals surface area (Å²) in [5.41, 5.74) is -0.114. The van der Waals surface area contributed by atoms with Gasteiger partial charge in [0.1, 0.15) is 0 Å². The van der Waals surface area contributed by atoms with Gasteiger partial charge in [0, 0.05) is 6.10 Å². The van der Waals surface area contributed by atoms with Gasteiger partial charge in [-0.3, -0.25) is 4.79 Å². The van der Waals surface area contributed by atoms with Crippen LogP contribution in [0.5, 0.6) is 0 Å². The van der Waals surface area contributed by atoms with Crippen molar-refractivity contribution in [2.24, 2.45) is 10.8 Å². The van der Waals surface area contributed by atoms with E-state index < -0.39 is 13.7 Å². The Hall–Kier alpha value is -0.353. The molecule has 0 saturated heterocycles. The summed E-state index contributed by atoms with van der Waals surface area (Å²) in [5, 5.41) is 0. The van der Waals surface area contributed by atoms with Gasteiger partial charge in [0.25, 0.3) is 0 Å². The molecule has 1 atom stereocenters. The molecule has 0 N–H and O–H groups in total. The maximum atomic E-state index is 11.7. The summed E-state index contributed by atoms with van der Waals surface area (Å²) in [6.45, 7) is 19.5. The van der Waals surface area contributed by atoms with E-state index in [-0.39, 0.29) is 5.97 Å². The second-order valence-corrected chi connectivity index (χ2v) is 13.2. The highest BCUT2D eigenvalue weighted by molar-refractivity contribution is 6.71. The van der Waals surface area contributed by atoms with Crippen molar-refractivity contribution in [3.05, 3.63) is 0 Å². The maximum absolute atomic E-state index is 11.7. The molecule has 0 aromatic rings. The van der Waals surface area contributed by atoms with Crippen LogP contribution in [0, 0.1) is 10.8 Å². The molecule has 0 aliphatic rings. The number of carbonyl (C=O) groups excluding carboxylic acids is 1. The molecule has 0 saturated carbocycles. The fourth-order valence-corrected chi connectivity index (χ4v) is 4.67. The first-order valence-corrected chi connectivity index (χ1v) is 11.2. The van der Waals surface area contributed by atoms with E-state index in [1.54, 1.807) is 0 Å². The van der Waals surface area contributed by atoms with Gasteiger partial charge in [0.05, 0.1) is 12.0 Å².